The number of hydrogen-bond acceptors (Lipinski definition) is 4. The fourth-order valence-electron chi connectivity index (χ4n) is 5.44. The summed E-state index contributed by atoms with van der Waals surface area (Å²) in [7, 11) is 4.02. The van der Waals surface area contributed by atoms with Crippen molar-refractivity contribution in [2.45, 2.75) is 147 Å². The molecule has 2 unspecified atom stereocenters. The van der Waals surface area contributed by atoms with Gasteiger partial charge in [0.25, 0.3) is 0 Å². The van der Waals surface area contributed by atoms with Crippen LogP contribution in [0.5, 0.6) is 0 Å². The van der Waals surface area contributed by atoms with Gasteiger partial charge in [0.2, 0.25) is 0 Å². The van der Waals surface area contributed by atoms with E-state index in [4.69, 9.17) is 16.3 Å². The Morgan fingerprint density at radius 2 is 1.32 bits per heavy atom. The summed E-state index contributed by atoms with van der Waals surface area (Å²) in [5, 5.41) is 5.96. The summed E-state index contributed by atoms with van der Waals surface area (Å²) in [4.78, 5) is 28.8. The van der Waals surface area contributed by atoms with Crippen LogP contribution in [0.1, 0.15) is 135 Å². The van der Waals surface area contributed by atoms with Crippen LogP contribution in [0, 0.1) is 0 Å². The van der Waals surface area contributed by atoms with Crippen LogP contribution in [-0.4, -0.2) is 80.2 Å². The molecule has 1 saturated heterocycles. The number of hydrogen-bond donors (Lipinski definition) is 2. The molecule has 0 bridgehead atoms. The molecule has 0 spiro atoms. The van der Waals surface area contributed by atoms with Crippen LogP contribution in [0.15, 0.2) is 0 Å². The Hall–Kier alpha value is -1.21. The average molecular weight is 587 g/mol. The third-order valence-corrected chi connectivity index (χ3v) is 8.35. The zero-order valence-corrected chi connectivity index (χ0v) is 27.1. The predicted molar refractivity (Wildman–Crippen MR) is 169 cm³/mol. The lowest BCUT2D eigenvalue weighted by molar-refractivity contribution is 0.112. The van der Waals surface area contributed by atoms with E-state index in [-0.39, 0.29) is 24.1 Å². The van der Waals surface area contributed by atoms with Crippen molar-refractivity contribution in [1.29, 1.82) is 0 Å². The molecule has 0 aliphatic carbocycles. The van der Waals surface area contributed by atoms with Crippen molar-refractivity contribution < 1.29 is 14.3 Å². The van der Waals surface area contributed by atoms with Crippen LogP contribution in [0.3, 0.4) is 0 Å². The number of carbonyl (C=O) groups excluding carboxylic acids is 2. The first kappa shape index (κ1) is 36.8. The van der Waals surface area contributed by atoms with E-state index in [0.29, 0.717) is 19.5 Å². The number of halogens is 1. The van der Waals surface area contributed by atoms with Gasteiger partial charge in [-0.15, -0.1) is 11.6 Å². The number of amides is 3. The molecule has 1 fully saturated rings. The molecule has 1 aliphatic rings. The van der Waals surface area contributed by atoms with E-state index in [1.165, 1.54) is 96.3 Å². The van der Waals surface area contributed by atoms with E-state index in [0.717, 1.165) is 38.8 Å². The molecule has 0 radical (unpaired) electrons. The number of unbranched alkanes of at least 4 members (excludes halogenated alkanes) is 15. The molecule has 40 heavy (non-hydrogen) atoms. The van der Waals surface area contributed by atoms with Crippen molar-refractivity contribution in [3.63, 3.8) is 0 Å². The number of urea groups is 1. The highest BCUT2D eigenvalue weighted by Crippen LogP contribution is 2.24. The normalized spacial score (nSPS) is 17.3. The molecule has 2 atom stereocenters. The smallest absolute Gasteiger partial charge is 0.407 e. The Balaban J connectivity index is 2.04. The molecule has 7 nitrogen and oxygen atoms in total. The van der Waals surface area contributed by atoms with E-state index < -0.39 is 6.09 Å². The maximum atomic E-state index is 12.8. The minimum Gasteiger partial charge on any atom is -0.449 e. The van der Waals surface area contributed by atoms with E-state index in [2.05, 4.69) is 22.5 Å². The standard InChI is InChI=1S/C32H63ClN4O3/c1-4-5-6-7-8-9-10-11-12-13-14-15-16-17-18-19-23-34-31(38)37-26-21-29(33)28-30(37)22-27-40-32(39)35-24-20-25-36(2)3/h29-30H,4-28H2,1-3H3,(H,34,38)(H,35,39). The molecule has 0 saturated carbocycles. The predicted octanol–water partition coefficient (Wildman–Crippen LogP) is 8.10. The van der Waals surface area contributed by atoms with Crippen molar-refractivity contribution in [2.24, 2.45) is 0 Å². The van der Waals surface area contributed by atoms with Crippen LogP contribution in [0.25, 0.3) is 0 Å². The summed E-state index contributed by atoms with van der Waals surface area (Å²) in [6, 6.07) is -0.00810. The Kier molecular flexibility index (Phi) is 23.5. The molecular weight excluding hydrogens is 524 g/mol. The lowest BCUT2D eigenvalue weighted by Gasteiger charge is -2.37. The number of piperidine rings is 1. The van der Waals surface area contributed by atoms with Crippen molar-refractivity contribution in [2.75, 3.05) is 46.9 Å². The molecule has 1 aliphatic heterocycles. The Morgan fingerprint density at radius 1 is 0.800 bits per heavy atom. The molecule has 0 aromatic heterocycles. The van der Waals surface area contributed by atoms with Crippen molar-refractivity contribution >= 4 is 23.7 Å². The molecule has 1 rings (SSSR count). The number of nitrogens with zero attached hydrogens (tertiary/aromatic N) is 2. The van der Waals surface area contributed by atoms with E-state index >= 15 is 0 Å². The Bertz CT molecular complexity index is 623. The van der Waals surface area contributed by atoms with Gasteiger partial charge in [0.15, 0.2) is 0 Å². The maximum absolute atomic E-state index is 12.8. The second kappa shape index (κ2) is 25.5. The van der Waals surface area contributed by atoms with Gasteiger partial charge < -0.3 is 25.2 Å². The highest BCUT2D eigenvalue weighted by atomic mass is 35.5. The highest BCUT2D eigenvalue weighted by Gasteiger charge is 2.30. The van der Waals surface area contributed by atoms with Gasteiger partial charge in [0.1, 0.15) is 0 Å². The van der Waals surface area contributed by atoms with Crippen LogP contribution >= 0.6 is 11.6 Å². The summed E-state index contributed by atoms with van der Waals surface area (Å²) in [5.74, 6) is 0. The van der Waals surface area contributed by atoms with Gasteiger partial charge in [0, 0.05) is 37.5 Å². The van der Waals surface area contributed by atoms with Crippen molar-refractivity contribution in [3.8, 4) is 0 Å². The maximum Gasteiger partial charge on any atom is 0.407 e. The number of rotatable bonds is 24. The van der Waals surface area contributed by atoms with Gasteiger partial charge in [-0.2, -0.15) is 0 Å². The zero-order chi connectivity index (χ0) is 29.3. The Morgan fingerprint density at radius 3 is 1.88 bits per heavy atom. The fraction of sp³-hybridized carbons (Fsp3) is 0.938. The summed E-state index contributed by atoms with van der Waals surface area (Å²) in [6.07, 6.45) is 24.2. The number of likely N-dealkylation sites (tertiary alicyclic amines) is 1. The van der Waals surface area contributed by atoms with E-state index in [9.17, 15) is 9.59 Å². The molecule has 1 heterocycles. The third kappa shape index (κ3) is 20.6. The largest absolute Gasteiger partial charge is 0.449 e. The molecular formula is C32H63ClN4O3. The molecule has 2 N–H and O–H groups in total. The summed E-state index contributed by atoms with van der Waals surface area (Å²) >= 11 is 6.41. The average Bonchev–Trinajstić information content (AvgIpc) is 2.92. The van der Waals surface area contributed by atoms with Gasteiger partial charge >= 0.3 is 12.1 Å². The van der Waals surface area contributed by atoms with Gasteiger partial charge in [-0.25, -0.2) is 9.59 Å². The number of ether oxygens (including phenoxy) is 1. The molecule has 236 valence electrons. The summed E-state index contributed by atoms with van der Waals surface area (Å²) < 4.78 is 5.35. The lowest BCUT2D eigenvalue weighted by Crippen LogP contribution is -2.51. The van der Waals surface area contributed by atoms with Gasteiger partial charge in [-0.05, 0) is 46.3 Å². The molecule has 3 amide bonds. The Labute approximate surface area is 251 Å². The quantitative estimate of drug-likeness (QED) is 0.0885. The highest BCUT2D eigenvalue weighted by molar-refractivity contribution is 6.20. The number of alkyl halides is 1. The van der Waals surface area contributed by atoms with Gasteiger partial charge in [0.05, 0.1) is 6.61 Å². The topological polar surface area (TPSA) is 73.9 Å². The summed E-state index contributed by atoms with van der Waals surface area (Å²) in [5.41, 5.74) is 0. The monoisotopic (exact) mass is 586 g/mol. The van der Waals surface area contributed by atoms with E-state index in [1.54, 1.807) is 0 Å². The fourth-order valence-corrected chi connectivity index (χ4v) is 5.74. The second-order valence-corrected chi connectivity index (χ2v) is 12.6. The number of carbonyl (C=O) groups is 2. The van der Waals surface area contributed by atoms with Crippen LogP contribution in [0.4, 0.5) is 9.59 Å². The minimum atomic E-state index is -0.392. The van der Waals surface area contributed by atoms with Crippen molar-refractivity contribution in [1.82, 2.24) is 20.4 Å². The summed E-state index contributed by atoms with van der Waals surface area (Å²) in [6.45, 7) is 5.46. The first-order valence-corrected chi connectivity index (χ1v) is 17.1. The molecule has 8 heteroatoms. The molecule has 0 aromatic carbocycles. The lowest BCUT2D eigenvalue weighted by atomic mass is 9.99. The third-order valence-electron chi connectivity index (χ3n) is 7.95. The van der Waals surface area contributed by atoms with Crippen LogP contribution < -0.4 is 10.6 Å². The second-order valence-electron chi connectivity index (χ2n) is 12.0. The minimum absolute atomic E-state index is 0.00332. The van der Waals surface area contributed by atoms with Gasteiger partial charge in [-0.1, -0.05) is 103 Å². The van der Waals surface area contributed by atoms with Crippen LogP contribution in [0.2, 0.25) is 0 Å². The number of alkyl carbamates (subject to hydrolysis) is 1. The first-order chi connectivity index (χ1) is 19.4. The van der Waals surface area contributed by atoms with E-state index in [1.807, 2.05) is 19.0 Å². The van der Waals surface area contributed by atoms with Crippen LogP contribution in [-0.2, 0) is 4.74 Å². The van der Waals surface area contributed by atoms with Gasteiger partial charge in [-0.3, -0.25) is 0 Å². The van der Waals surface area contributed by atoms with Crippen molar-refractivity contribution in [3.05, 3.63) is 0 Å². The zero-order valence-electron chi connectivity index (χ0n) is 26.3. The molecule has 0 aromatic rings. The number of nitrogens with one attached hydrogen (secondary N) is 2. The SMILES string of the molecule is CCCCCCCCCCCCCCCCCCNC(=O)N1CCC(Cl)CC1CCOC(=O)NCCCN(C)C. The first-order valence-electron chi connectivity index (χ1n) is 16.7.